The van der Waals surface area contributed by atoms with E-state index in [9.17, 15) is 10.1 Å². The minimum Gasteiger partial charge on any atom is -0.334 e. The molecule has 1 amide bonds. The number of carbonyl (C=O) groups excluding carboxylic acids is 1. The molecule has 21 heavy (non-hydrogen) atoms. The van der Waals surface area contributed by atoms with Crippen LogP contribution >= 0.6 is 23.2 Å². The second-order valence-corrected chi connectivity index (χ2v) is 6.47. The molecule has 0 aromatic heterocycles. The zero-order valence-corrected chi connectivity index (χ0v) is 13.5. The SMILES string of the molecule is CCC1CCC(C#N)(NC(=O)c2ccc(Cl)cc2Cl)CC1. The first-order valence-corrected chi connectivity index (χ1v) is 7.94. The Bertz CT molecular complexity index is 572. The molecule has 1 aliphatic carbocycles. The van der Waals surface area contributed by atoms with Crippen LogP contribution in [-0.2, 0) is 0 Å². The van der Waals surface area contributed by atoms with E-state index in [2.05, 4.69) is 18.3 Å². The van der Waals surface area contributed by atoms with Crippen molar-refractivity contribution in [2.75, 3.05) is 0 Å². The summed E-state index contributed by atoms with van der Waals surface area (Å²) in [5.41, 5.74) is -0.417. The van der Waals surface area contributed by atoms with Crippen LogP contribution < -0.4 is 5.32 Å². The van der Waals surface area contributed by atoms with Crippen LogP contribution in [0.5, 0.6) is 0 Å². The molecule has 1 aromatic rings. The number of nitrogens with one attached hydrogen (secondary N) is 1. The monoisotopic (exact) mass is 324 g/mol. The van der Waals surface area contributed by atoms with Crippen LogP contribution in [0.15, 0.2) is 18.2 Å². The first kappa shape index (κ1) is 16.1. The van der Waals surface area contributed by atoms with E-state index < -0.39 is 5.54 Å². The molecule has 0 radical (unpaired) electrons. The first-order valence-electron chi connectivity index (χ1n) is 7.18. The highest BCUT2D eigenvalue weighted by Gasteiger charge is 2.36. The number of benzene rings is 1. The lowest BCUT2D eigenvalue weighted by molar-refractivity contribution is 0.0891. The Hall–Kier alpha value is -1.24. The van der Waals surface area contributed by atoms with E-state index in [1.165, 1.54) is 6.07 Å². The number of carbonyl (C=O) groups is 1. The number of halogens is 2. The van der Waals surface area contributed by atoms with E-state index in [4.69, 9.17) is 23.2 Å². The number of nitrogens with zero attached hydrogens (tertiary/aromatic N) is 1. The summed E-state index contributed by atoms with van der Waals surface area (Å²) in [5, 5.41) is 13.1. The molecular formula is C16H18Cl2N2O. The van der Waals surface area contributed by atoms with Gasteiger partial charge in [-0.3, -0.25) is 4.79 Å². The van der Waals surface area contributed by atoms with Crippen molar-refractivity contribution < 1.29 is 4.79 Å². The summed E-state index contributed by atoms with van der Waals surface area (Å²) in [5.74, 6) is 0.343. The summed E-state index contributed by atoms with van der Waals surface area (Å²) in [6, 6.07) is 7.03. The van der Waals surface area contributed by atoms with Crippen LogP contribution in [0.25, 0.3) is 0 Å². The first-order chi connectivity index (χ1) is 9.99. The van der Waals surface area contributed by atoms with Crippen LogP contribution in [0, 0.1) is 17.2 Å². The molecule has 0 heterocycles. The standard InChI is InChI=1S/C16H18Cl2N2O/c1-2-11-5-7-16(10-19,8-6-11)20-15(21)13-4-3-12(17)9-14(13)18/h3-4,9,11H,2,5-8H2,1H3,(H,20,21). The molecule has 1 aromatic carbocycles. The molecule has 1 saturated carbocycles. The summed E-state index contributed by atoms with van der Waals surface area (Å²) in [7, 11) is 0. The van der Waals surface area contributed by atoms with Crippen LogP contribution in [-0.4, -0.2) is 11.4 Å². The van der Waals surface area contributed by atoms with Gasteiger partial charge in [-0.05, 0) is 49.8 Å². The highest BCUT2D eigenvalue weighted by Crippen LogP contribution is 2.34. The van der Waals surface area contributed by atoms with Gasteiger partial charge in [-0.2, -0.15) is 5.26 Å². The topological polar surface area (TPSA) is 52.9 Å². The Kier molecular flexibility index (Phi) is 5.13. The molecule has 0 aliphatic heterocycles. The van der Waals surface area contributed by atoms with Gasteiger partial charge < -0.3 is 5.32 Å². The van der Waals surface area contributed by atoms with E-state index in [0.717, 1.165) is 19.3 Å². The van der Waals surface area contributed by atoms with Crippen LogP contribution in [0.3, 0.4) is 0 Å². The summed E-state index contributed by atoms with van der Waals surface area (Å²) < 4.78 is 0. The van der Waals surface area contributed by atoms with Gasteiger partial charge in [0.1, 0.15) is 5.54 Å². The van der Waals surface area contributed by atoms with E-state index in [0.29, 0.717) is 34.4 Å². The van der Waals surface area contributed by atoms with Crippen molar-refractivity contribution in [2.45, 2.75) is 44.6 Å². The second-order valence-electron chi connectivity index (χ2n) is 5.62. The van der Waals surface area contributed by atoms with E-state index in [-0.39, 0.29) is 5.91 Å². The molecule has 0 atom stereocenters. The van der Waals surface area contributed by atoms with Crippen molar-refractivity contribution >= 4 is 29.1 Å². The van der Waals surface area contributed by atoms with Crippen molar-refractivity contribution in [1.29, 1.82) is 5.26 Å². The van der Waals surface area contributed by atoms with Crippen LogP contribution in [0.4, 0.5) is 0 Å². The zero-order valence-electron chi connectivity index (χ0n) is 12.0. The predicted molar refractivity (Wildman–Crippen MR) is 84.5 cm³/mol. The van der Waals surface area contributed by atoms with Gasteiger partial charge in [-0.1, -0.05) is 36.5 Å². The summed E-state index contributed by atoms with van der Waals surface area (Å²) in [4.78, 5) is 12.4. The van der Waals surface area contributed by atoms with Gasteiger partial charge in [0.2, 0.25) is 0 Å². The number of hydrogen-bond donors (Lipinski definition) is 1. The second kappa shape index (κ2) is 6.68. The predicted octanol–water partition coefficient (Wildman–Crippen LogP) is 4.59. The third-order valence-corrected chi connectivity index (χ3v) is 4.83. The fourth-order valence-electron chi connectivity index (χ4n) is 2.80. The van der Waals surface area contributed by atoms with E-state index in [1.807, 2.05) is 0 Å². The Morgan fingerprint density at radius 2 is 2.10 bits per heavy atom. The lowest BCUT2D eigenvalue weighted by Gasteiger charge is -2.35. The highest BCUT2D eigenvalue weighted by atomic mass is 35.5. The average molecular weight is 325 g/mol. The minimum atomic E-state index is -0.772. The molecule has 112 valence electrons. The van der Waals surface area contributed by atoms with Crippen molar-refractivity contribution in [3.63, 3.8) is 0 Å². The summed E-state index contributed by atoms with van der Waals surface area (Å²) >= 11 is 11.9. The third kappa shape index (κ3) is 3.70. The summed E-state index contributed by atoms with van der Waals surface area (Å²) in [6.07, 6.45) is 4.45. The van der Waals surface area contributed by atoms with E-state index in [1.54, 1.807) is 12.1 Å². The normalized spacial score (nSPS) is 25.1. The lowest BCUT2D eigenvalue weighted by atomic mass is 9.76. The van der Waals surface area contributed by atoms with Gasteiger partial charge in [0.15, 0.2) is 0 Å². The molecule has 2 rings (SSSR count). The maximum atomic E-state index is 12.4. The maximum Gasteiger partial charge on any atom is 0.254 e. The van der Waals surface area contributed by atoms with Crippen molar-refractivity contribution in [2.24, 2.45) is 5.92 Å². The van der Waals surface area contributed by atoms with E-state index >= 15 is 0 Å². The van der Waals surface area contributed by atoms with Crippen LogP contribution in [0.1, 0.15) is 49.4 Å². The Balaban J connectivity index is 2.12. The van der Waals surface area contributed by atoms with Gasteiger partial charge in [-0.15, -0.1) is 0 Å². The van der Waals surface area contributed by atoms with Crippen molar-refractivity contribution in [3.8, 4) is 6.07 Å². The Morgan fingerprint density at radius 3 is 2.62 bits per heavy atom. The fraction of sp³-hybridized carbons (Fsp3) is 0.500. The molecule has 1 N–H and O–H groups in total. The Labute approximate surface area is 135 Å². The molecule has 1 fully saturated rings. The number of rotatable bonds is 3. The van der Waals surface area contributed by atoms with Gasteiger partial charge in [-0.25, -0.2) is 0 Å². The van der Waals surface area contributed by atoms with Crippen molar-refractivity contribution in [1.82, 2.24) is 5.32 Å². The van der Waals surface area contributed by atoms with Gasteiger partial charge in [0.25, 0.3) is 5.91 Å². The number of hydrogen-bond acceptors (Lipinski definition) is 2. The maximum absolute atomic E-state index is 12.4. The molecule has 0 spiro atoms. The fourth-order valence-corrected chi connectivity index (χ4v) is 3.30. The summed E-state index contributed by atoms with van der Waals surface area (Å²) in [6.45, 7) is 2.16. The number of amides is 1. The van der Waals surface area contributed by atoms with Crippen molar-refractivity contribution in [3.05, 3.63) is 33.8 Å². The van der Waals surface area contributed by atoms with Gasteiger partial charge >= 0.3 is 0 Å². The molecule has 0 bridgehead atoms. The minimum absolute atomic E-state index is 0.301. The molecule has 1 aliphatic rings. The molecule has 5 heteroatoms. The number of nitriles is 1. The third-order valence-electron chi connectivity index (χ3n) is 4.28. The quantitative estimate of drug-likeness (QED) is 0.884. The van der Waals surface area contributed by atoms with Crippen LogP contribution in [0.2, 0.25) is 10.0 Å². The lowest BCUT2D eigenvalue weighted by Crippen LogP contribution is -2.49. The highest BCUT2D eigenvalue weighted by molar-refractivity contribution is 6.36. The van der Waals surface area contributed by atoms with Gasteiger partial charge in [0.05, 0.1) is 16.7 Å². The average Bonchev–Trinajstić information content (AvgIpc) is 2.47. The zero-order chi connectivity index (χ0) is 15.5. The molecule has 3 nitrogen and oxygen atoms in total. The smallest absolute Gasteiger partial charge is 0.254 e. The Morgan fingerprint density at radius 1 is 1.43 bits per heavy atom. The van der Waals surface area contributed by atoms with Gasteiger partial charge in [0, 0.05) is 5.02 Å². The molecule has 0 unspecified atom stereocenters. The largest absolute Gasteiger partial charge is 0.334 e. The molecule has 0 saturated heterocycles. The molecular weight excluding hydrogens is 307 g/mol.